The fourth-order valence-electron chi connectivity index (χ4n) is 2.41. The predicted octanol–water partition coefficient (Wildman–Crippen LogP) is 2.20. The Kier molecular flexibility index (Phi) is 8.67. The summed E-state index contributed by atoms with van der Waals surface area (Å²) in [6, 6.07) is 0.539. The number of amides is 1. The summed E-state index contributed by atoms with van der Waals surface area (Å²) in [4.78, 5) is 14.0. The number of halogens is 1. The summed E-state index contributed by atoms with van der Waals surface area (Å²) < 4.78 is 0. The molecule has 16 heavy (non-hydrogen) atoms. The van der Waals surface area contributed by atoms with Crippen LogP contribution in [0.5, 0.6) is 0 Å². The molecule has 0 heterocycles. The molecule has 0 aromatic carbocycles. The summed E-state index contributed by atoms with van der Waals surface area (Å²) in [7, 11) is 1.93. The van der Waals surface area contributed by atoms with E-state index in [2.05, 4.69) is 17.1 Å². The third kappa shape index (κ3) is 4.71. The van der Waals surface area contributed by atoms with Gasteiger partial charge in [0.2, 0.25) is 5.91 Å². The molecule has 1 aliphatic rings. The Morgan fingerprint density at radius 1 is 1.38 bits per heavy atom. The van der Waals surface area contributed by atoms with Crippen molar-refractivity contribution in [1.29, 1.82) is 0 Å². The molecule has 0 atom stereocenters. The van der Waals surface area contributed by atoms with Crippen molar-refractivity contribution in [2.45, 2.75) is 51.5 Å². The molecule has 0 aliphatic heterocycles. The fraction of sp³-hybridized carbons (Fsp3) is 0.917. The first-order chi connectivity index (χ1) is 7.29. The van der Waals surface area contributed by atoms with Crippen LogP contribution in [0, 0.1) is 0 Å². The minimum absolute atomic E-state index is 0. The van der Waals surface area contributed by atoms with Crippen LogP contribution < -0.4 is 5.32 Å². The SMILES string of the molecule is CCN(C(=O)CCCNC)C1CCCC1.Cl. The Hall–Kier alpha value is -0.280. The molecule has 1 N–H and O–H groups in total. The molecule has 0 spiro atoms. The lowest BCUT2D eigenvalue weighted by molar-refractivity contribution is -0.133. The molecule has 1 fully saturated rings. The quantitative estimate of drug-likeness (QED) is 0.731. The molecule has 0 saturated heterocycles. The van der Waals surface area contributed by atoms with Gasteiger partial charge in [-0.1, -0.05) is 12.8 Å². The first-order valence-corrected chi connectivity index (χ1v) is 6.23. The van der Waals surface area contributed by atoms with Crippen molar-refractivity contribution in [3.63, 3.8) is 0 Å². The van der Waals surface area contributed by atoms with Gasteiger partial charge >= 0.3 is 0 Å². The minimum atomic E-state index is 0. The molecular weight excluding hydrogens is 224 g/mol. The van der Waals surface area contributed by atoms with Gasteiger partial charge in [0.25, 0.3) is 0 Å². The van der Waals surface area contributed by atoms with Gasteiger partial charge in [-0.25, -0.2) is 0 Å². The first kappa shape index (κ1) is 15.7. The number of nitrogens with one attached hydrogen (secondary N) is 1. The van der Waals surface area contributed by atoms with E-state index < -0.39 is 0 Å². The zero-order valence-corrected chi connectivity index (χ0v) is 11.3. The van der Waals surface area contributed by atoms with Crippen LogP contribution in [0.3, 0.4) is 0 Å². The summed E-state index contributed by atoms with van der Waals surface area (Å²) >= 11 is 0. The topological polar surface area (TPSA) is 32.3 Å². The van der Waals surface area contributed by atoms with Crippen molar-refractivity contribution in [3.8, 4) is 0 Å². The van der Waals surface area contributed by atoms with Crippen LogP contribution in [-0.2, 0) is 4.79 Å². The molecule has 4 heteroatoms. The van der Waals surface area contributed by atoms with Crippen molar-refractivity contribution >= 4 is 18.3 Å². The van der Waals surface area contributed by atoms with Crippen molar-refractivity contribution in [2.75, 3.05) is 20.1 Å². The Balaban J connectivity index is 0.00000225. The van der Waals surface area contributed by atoms with Gasteiger partial charge < -0.3 is 10.2 Å². The summed E-state index contributed by atoms with van der Waals surface area (Å²) in [6.45, 7) is 3.91. The highest BCUT2D eigenvalue weighted by Crippen LogP contribution is 2.23. The van der Waals surface area contributed by atoms with Crippen LogP contribution in [0.4, 0.5) is 0 Å². The Bertz CT molecular complexity index is 193. The van der Waals surface area contributed by atoms with E-state index in [1.165, 1.54) is 25.7 Å². The highest BCUT2D eigenvalue weighted by molar-refractivity contribution is 5.85. The molecule has 1 amide bonds. The van der Waals surface area contributed by atoms with E-state index in [0.717, 1.165) is 19.5 Å². The molecule has 0 bridgehead atoms. The van der Waals surface area contributed by atoms with Crippen LogP contribution in [0.2, 0.25) is 0 Å². The highest BCUT2D eigenvalue weighted by Gasteiger charge is 2.24. The van der Waals surface area contributed by atoms with Crippen molar-refractivity contribution in [2.24, 2.45) is 0 Å². The smallest absolute Gasteiger partial charge is 0.222 e. The number of carbonyl (C=O) groups is 1. The van der Waals surface area contributed by atoms with Crippen LogP contribution in [0.15, 0.2) is 0 Å². The van der Waals surface area contributed by atoms with Crippen LogP contribution in [-0.4, -0.2) is 37.0 Å². The van der Waals surface area contributed by atoms with Gasteiger partial charge in [0.1, 0.15) is 0 Å². The maximum atomic E-state index is 11.9. The van der Waals surface area contributed by atoms with Gasteiger partial charge in [-0.15, -0.1) is 12.4 Å². The van der Waals surface area contributed by atoms with E-state index in [1.54, 1.807) is 0 Å². The Morgan fingerprint density at radius 3 is 2.50 bits per heavy atom. The first-order valence-electron chi connectivity index (χ1n) is 6.23. The van der Waals surface area contributed by atoms with E-state index in [-0.39, 0.29) is 12.4 Å². The van der Waals surface area contributed by atoms with E-state index in [4.69, 9.17) is 0 Å². The van der Waals surface area contributed by atoms with Gasteiger partial charge in [-0.2, -0.15) is 0 Å². The molecule has 1 aliphatic carbocycles. The van der Waals surface area contributed by atoms with Crippen molar-refractivity contribution < 1.29 is 4.79 Å². The minimum Gasteiger partial charge on any atom is -0.340 e. The maximum absolute atomic E-state index is 11.9. The van der Waals surface area contributed by atoms with E-state index in [0.29, 0.717) is 18.4 Å². The third-order valence-corrected chi connectivity index (χ3v) is 3.24. The normalized spacial score (nSPS) is 15.9. The molecule has 0 unspecified atom stereocenters. The van der Waals surface area contributed by atoms with Crippen LogP contribution in [0.1, 0.15) is 45.4 Å². The summed E-state index contributed by atoms with van der Waals surface area (Å²) in [5.74, 6) is 0.347. The summed E-state index contributed by atoms with van der Waals surface area (Å²) in [5.41, 5.74) is 0. The zero-order valence-electron chi connectivity index (χ0n) is 10.5. The number of carbonyl (C=O) groups excluding carboxylic acids is 1. The Morgan fingerprint density at radius 2 is 2.00 bits per heavy atom. The Labute approximate surface area is 105 Å². The maximum Gasteiger partial charge on any atom is 0.222 e. The largest absolute Gasteiger partial charge is 0.340 e. The monoisotopic (exact) mass is 248 g/mol. The molecule has 96 valence electrons. The predicted molar refractivity (Wildman–Crippen MR) is 70.1 cm³/mol. The van der Waals surface area contributed by atoms with Gasteiger partial charge in [0, 0.05) is 19.0 Å². The molecule has 0 radical (unpaired) electrons. The highest BCUT2D eigenvalue weighted by atomic mass is 35.5. The van der Waals surface area contributed by atoms with Gasteiger partial charge in [-0.05, 0) is 39.8 Å². The second-order valence-electron chi connectivity index (χ2n) is 4.33. The van der Waals surface area contributed by atoms with Gasteiger partial charge in [-0.3, -0.25) is 4.79 Å². The number of nitrogens with zero attached hydrogens (tertiary/aromatic N) is 1. The van der Waals surface area contributed by atoms with Crippen LogP contribution >= 0.6 is 12.4 Å². The second-order valence-corrected chi connectivity index (χ2v) is 4.33. The fourth-order valence-corrected chi connectivity index (χ4v) is 2.41. The van der Waals surface area contributed by atoms with Crippen molar-refractivity contribution in [1.82, 2.24) is 10.2 Å². The zero-order chi connectivity index (χ0) is 11.1. The lowest BCUT2D eigenvalue weighted by Gasteiger charge is -2.27. The average molecular weight is 249 g/mol. The lowest BCUT2D eigenvalue weighted by atomic mass is 10.2. The van der Waals surface area contributed by atoms with E-state index in [9.17, 15) is 4.79 Å². The standard InChI is InChI=1S/C12H24N2O.ClH/c1-3-14(11-7-4-5-8-11)12(15)9-6-10-13-2;/h11,13H,3-10H2,1-2H3;1H. The van der Waals surface area contributed by atoms with Crippen molar-refractivity contribution in [3.05, 3.63) is 0 Å². The summed E-state index contributed by atoms with van der Waals surface area (Å²) in [6.07, 6.45) is 6.68. The lowest BCUT2D eigenvalue weighted by Crippen LogP contribution is -2.38. The van der Waals surface area contributed by atoms with Crippen LogP contribution in [0.25, 0.3) is 0 Å². The third-order valence-electron chi connectivity index (χ3n) is 3.24. The molecule has 0 aromatic heterocycles. The molecular formula is C12H25ClN2O. The average Bonchev–Trinajstić information content (AvgIpc) is 2.73. The number of hydrogen-bond donors (Lipinski definition) is 1. The van der Waals surface area contributed by atoms with E-state index >= 15 is 0 Å². The number of rotatable bonds is 6. The van der Waals surface area contributed by atoms with Gasteiger partial charge in [0.15, 0.2) is 0 Å². The molecule has 0 aromatic rings. The van der Waals surface area contributed by atoms with E-state index in [1.807, 2.05) is 7.05 Å². The number of hydrogen-bond acceptors (Lipinski definition) is 2. The molecule has 3 nitrogen and oxygen atoms in total. The summed E-state index contributed by atoms with van der Waals surface area (Å²) in [5, 5.41) is 3.08. The molecule has 1 rings (SSSR count). The molecule has 1 saturated carbocycles. The van der Waals surface area contributed by atoms with Gasteiger partial charge in [0.05, 0.1) is 0 Å². The second kappa shape index (κ2) is 8.82.